The largest absolute Gasteiger partial charge is 0.379 e. The average Bonchev–Trinajstić information content (AvgIpc) is 3.05. The van der Waals surface area contributed by atoms with E-state index in [1.54, 1.807) is 4.90 Å². The molecule has 2 fully saturated rings. The highest BCUT2D eigenvalue weighted by atomic mass is 32.2. The smallest absolute Gasteiger partial charge is 0.270 e. The van der Waals surface area contributed by atoms with Gasteiger partial charge in [0.1, 0.15) is 10.6 Å². The molecule has 0 unspecified atom stereocenters. The van der Waals surface area contributed by atoms with Crippen molar-refractivity contribution in [3.63, 3.8) is 0 Å². The maximum absolute atomic E-state index is 12.6. The number of sulfonamides is 1. The van der Waals surface area contributed by atoms with Gasteiger partial charge in [-0.3, -0.25) is 4.79 Å². The number of morpholine rings is 2. The Labute approximate surface area is 141 Å². The lowest BCUT2D eigenvalue weighted by Gasteiger charge is -2.35. The van der Waals surface area contributed by atoms with Crippen molar-refractivity contribution in [1.82, 2.24) is 14.2 Å². The minimum atomic E-state index is -3.60. The van der Waals surface area contributed by atoms with Crippen LogP contribution in [-0.2, 0) is 19.5 Å². The molecule has 1 aromatic rings. The molecule has 0 saturated carbocycles. The highest BCUT2D eigenvalue weighted by Crippen LogP contribution is 2.20. The number of carbonyl (C=O) groups excluding carboxylic acids is 1. The van der Waals surface area contributed by atoms with Crippen LogP contribution in [0.5, 0.6) is 0 Å². The molecule has 2 aliphatic heterocycles. The van der Waals surface area contributed by atoms with Crippen LogP contribution in [-0.4, -0.2) is 80.1 Å². The van der Waals surface area contributed by atoms with Gasteiger partial charge in [-0.1, -0.05) is 0 Å². The lowest BCUT2D eigenvalue weighted by molar-refractivity contribution is -0.0587. The minimum absolute atomic E-state index is 0.0378. The van der Waals surface area contributed by atoms with Crippen LogP contribution in [0.25, 0.3) is 0 Å². The lowest BCUT2D eigenvalue weighted by Crippen LogP contribution is -2.48. The molecule has 2 saturated heterocycles. The summed E-state index contributed by atoms with van der Waals surface area (Å²) in [4.78, 5) is 17.2. The number of nitrogens with one attached hydrogen (secondary N) is 1. The summed E-state index contributed by atoms with van der Waals surface area (Å²) in [6.45, 7) is 6.25. The third kappa shape index (κ3) is 3.49. The molecule has 0 radical (unpaired) electrons. The quantitative estimate of drug-likeness (QED) is 0.839. The summed E-state index contributed by atoms with van der Waals surface area (Å²) in [5.41, 5.74) is 0.281. The van der Waals surface area contributed by atoms with Gasteiger partial charge in [0, 0.05) is 32.4 Å². The zero-order valence-electron chi connectivity index (χ0n) is 13.9. The van der Waals surface area contributed by atoms with E-state index in [4.69, 9.17) is 9.47 Å². The zero-order chi connectivity index (χ0) is 17.3. The van der Waals surface area contributed by atoms with Gasteiger partial charge in [0.05, 0.1) is 25.4 Å². The SMILES string of the molecule is C[C@@H]1CN(C(=O)c2cc(S(=O)(=O)N3CCOCC3)c[nH]2)C[C@H](C)O1. The minimum Gasteiger partial charge on any atom is -0.379 e. The van der Waals surface area contributed by atoms with E-state index in [1.807, 2.05) is 13.8 Å². The fraction of sp³-hybridized carbons (Fsp3) is 0.667. The van der Waals surface area contributed by atoms with Gasteiger partial charge in [0.15, 0.2) is 0 Å². The number of ether oxygens (including phenoxy) is 2. The van der Waals surface area contributed by atoms with Gasteiger partial charge >= 0.3 is 0 Å². The third-order valence-electron chi connectivity index (χ3n) is 4.20. The maximum Gasteiger partial charge on any atom is 0.270 e. The first-order valence-corrected chi connectivity index (χ1v) is 9.53. The summed E-state index contributed by atoms with van der Waals surface area (Å²) >= 11 is 0. The predicted molar refractivity (Wildman–Crippen MR) is 86.3 cm³/mol. The van der Waals surface area contributed by atoms with Crippen LogP contribution in [0, 0.1) is 0 Å². The molecule has 2 atom stereocenters. The predicted octanol–water partition coefficient (Wildman–Crippen LogP) is 0.285. The van der Waals surface area contributed by atoms with Gasteiger partial charge < -0.3 is 19.4 Å². The highest BCUT2D eigenvalue weighted by Gasteiger charge is 2.30. The van der Waals surface area contributed by atoms with E-state index in [9.17, 15) is 13.2 Å². The van der Waals surface area contributed by atoms with E-state index in [0.717, 1.165) is 0 Å². The van der Waals surface area contributed by atoms with Crippen molar-refractivity contribution in [2.24, 2.45) is 0 Å². The number of nitrogens with zero attached hydrogens (tertiary/aromatic N) is 2. The zero-order valence-corrected chi connectivity index (χ0v) is 14.7. The lowest BCUT2D eigenvalue weighted by atomic mass is 10.2. The topological polar surface area (TPSA) is 91.9 Å². The van der Waals surface area contributed by atoms with E-state index in [0.29, 0.717) is 39.4 Å². The molecule has 0 bridgehead atoms. The number of rotatable bonds is 3. The number of H-pyrrole nitrogens is 1. The van der Waals surface area contributed by atoms with Crippen LogP contribution >= 0.6 is 0 Å². The summed E-state index contributed by atoms with van der Waals surface area (Å²) in [6.07, 6.45) is 1.30. The van der Waals surface area contributed by atoms with E-state index in [-0.39, 0.29) is 28.7 Å². The Bertz CT molecular complexity index is 686. The maximum atomic E-state index is 12.6. The van der Waals surface area contributed by atoms with Crippen molar-refractivity contribution in [3.05, 3.63) is 18.0 Å². The normalized spacial score (nSPS) is 26.5. The second kappa shape index (κ2) is 6.83. The third-order valence-corrected chi connectivity index (χ3v) is 6.08. The van der Waals surface area contributed by atoms with Gasteiger partial charge in [-0.15, -0.1) is 0 Å². The van der Waals surface area contributed by atoms with Crippen LogP contribution in [0.1, 0.15) is 24.3 Å². The molecule has 24 heavy (non-hydrogen) atoms. The fourth-order valence-electron chi connectivity index (χ4n) is 3.10. The second-order valence-electron chi connectivity index (χ2n) is 6.23. The Kier molecular flexibility index (Phi) is 4.95. The first-order chi connectivity index (χ1) is 11.4. The first kappa shape index (κ1) is 17.4. The van der Waals surface area contributed by atoms with Gasteiger partial charge in [-0.2, -0.15) is 4.31 Å². The molecule has 0 aromatic carbocycles. The molecule has 3 rings (SSSR count). The van der Waals surface area contributed by atoms with E-state index < -0.39 is 10.0 Å². The molecule has 3 heterocycles. The van der Waals surface area contributed by atoms with E-state index in [2.05, 4.69) is 4.98 Å². The molecule has 1 aromatic heterocycles. The monoisotopic (exact) mass is 357 g/mol. The molecule has 2 aliphatic rings. The van der Waals surface area contributed by atoms with Crippen molar-refractivity contribution in [3.8, 4) is 0 Å². The second-order valence-corrected chi connectivity index (χ2v) is 8.17. The van der Waals surface area contributed by atoms with Gasteiger partial charge in [-0.05, 0) is 19.9 Å². The Morgan fingerprint density at radius 2 is 1.83 bits per heavy atom. The molecular weight excluding hydrogens is 334 g/mol. The average molecular weight is 357 g/mol. The molecular formula is C15H23N3O5S. The summed E-state index contributed by atoms with van der Waals surface area (Å²) in [5, 5.41) is 0. The van der Waals surface area contributed by atoms with Crippen LogP contribution in [0.15, 0.2) is 17.2 Å². The summed E-state index contributed by atoms with van der Waals surface area (Å²) in [5.74, 6) is -0.208. The number of aromatic nitrogens is 1. The molecule has 0 aliphatic carbocycles. The highest BCUT2D eigenvalue weighted by molar-refractivity contribution is 7.89. The summed E-state index contributed by atoms with van der Waals surface area (Å²) in [6, 6.07) is 1.41. The molecule has 1 amide bonds. The number of hydrogen-bond donors (Lipinski definition) is 1. The van der Waals surface area contributed by atoms with Gasteiger partial charge in [-0.25, -0.2) is 8.42 Å². The van der Waals surface area contributed by atoms with Crippen LogP contribution < -0.4 is 0 Å². The fourth-order valence-corrected chi connectivity index (χ4v) is 4.50. The summed E-state index contributed by atoms with van der Waals surface area (Å²) in [7, 11) is -3.60. The molecule has 8 nitrogen and oxygen atoms in total. The Morgan fingerprint density at radius 3 is 2.46 bits per heavy atom. The van der Waals surface area contributed by atoms with Crippen molar-refractivity contribution >= 4 is 15.9 Å². The van der Waals surface area contributed by atoms with Crippen molar-refractivity contribution in [2.75, 3.05) is 39.4 Å². The molecule has 1 N–H and O–H groups in total. The van der Waals surface area contributed by atoms with Gasteiger partial charge in [0.25, 0.3) is 5.91 Å². The van der Waals surface area contributed by atoms with E-state index in [1.165, 1.54) is 16.6 Å². The van der Waals surface area contributed by atoms with Crippen LogP contribution in [0.3, 0.4) is 0 Å². The van der Waals surface area contributed by atoms with Crippen LogP contribution in [0.2, 0.25) is 0 Å². The number of carbonyl (C=O) groups is 1. The molecule has 0 spiro atoms. The van der Waals surface area contributed by atoms with E-state index >= 15 is 0 Å². The van der Waals surface area contributed by atoms with Gasteiger partial charge in [0.2, 0.25) is 10.0 Å². The number of aromatic amines is 1. The Morgan fingerprint density at radius 1 is 1.21 bits per heavy atom. The Balaban J connectivity index is 1.76. The van der Waals surface area contributed by atoms with Crippen molar-refractivity contribution < 1.29 is 22.7 Å². The first-order valence-electron chi connectivity index (χ1n) is 8.09. The van der Waals surface area contributed by atoms with Crippen molar-refractivity contribution in [2.45, 2.75) is 31.0 Å². The van der Waals surface area contributed by atoms with Crippen molar-refractivity contribution in [1.29, 1.82) is 0 Å². The standard InChI is InChI=1S/C15H23N3O5S/c1-11-9-17(10-12(2)23-11)15(19)14-7-13(8-16-14)24(20,21)18-3-5-22-6-4-18/h7-8,11-12,16H,3-6,9-10H2,1-2H3/t11-,12+. The van der Waals surface area contributed by atoms with Crippen LogP contribution in [0.4, 0.5) is 0 Å². The molecule has 134 valence electrons. The number of amides is 1. The number of hydrogen-bond acceptors (Lipinski definition) is 5. The summed E-state index contributed by atoms with van der Waals surface area (Å²) < 4.78 is 37.4. The molecule has 9 heteroatoms. The Hall–Kier alpha value is -1.42.